The minimum atomic E-state index is -4.46. The maximum absolute atomic E-state index is 13.4. The molecule has 0 unspecified atom stereocenters. The quantitative estimate of drug-likeness (QED) is 0.706. The fourth-order valence-corrected chi connectivity index (χ4v) is 3.33. The summed E-state index contributed by atoms with van der Waals surface area (Å²) in [5, 5.41) is 2.72. The molecule has 3 aromatic rings. The van der Waals surface area contributed by atoms with E-state index in [4.69, 9.17) is 9.15 Å². The molecule has 1 amide bonds. The van der Waals surface area contributed by atoms with Gasteiger partial charge in [-0.2, -0.15) is 13.2 Å². The Balaban J connectivity index is 1.56. The van der Waals surface area contributed by atoms with Crippen LogP contribution in [0.4, 0.5) is 13.2 Å². The molecule has 0 bridgehead atoms. The fraction of sp³-hybridized carbons (Fsp3) is 0.190. The van der Waals surface area contributed by atoms with Crippen LogP contribution in [0.3, 0.4) is 0 Å². The zero-order chi connectivity index (χ0) is 19.7. The summed E-state index contributed by atoms with van der Waals surface area (Å²) in [7, 11) is 0. The molecule has 28 heavy (non-hydrogen) atoms. The first-order valence-electron chi connectivity index (χ1n) is 8.70. The molecule has 0 saturated carbocycles. The van der Waals surface area contributed by atoms with Crippen LogP contribution in [0.25, 0.3) is 11.1 Å². The van der Waals surface area contributed by atoms with Crippen LogP contribution in [0.2, 0.25) is 0 Å². The topological polar surface area (TPSA) is 51.5 Å². The van der Waals surface area contributed by atoms with E-state index in [0.29, 0.717) is 17.7 Å². The zero-order valence-corrected chi connectivity index (χ0v) is 14.6. The van der Waals surface area contributed by atoms with Gasteiger partial charge in [-0.05, 0) is 29.3 Å². The van der Waals surface area contributed by atoms with Gasteiger partial charge in [-0.3, -0.25) is 4.79 Å². The SMILES string of the molecule is O=C(NC[C@H]1Cc2cccc(-c3ccccc3C(F)(F)F)c2O1)c1ccco1. The summed E-state index contributed by atoms with van der Waals surface area (Å²) in [5.41, 5.74) is 0.575. The van der Waals surface area contributed by atoms with Gasteiger partial charge in [0.15, 0.2) is 5.76 Å². The Labute approximate surface area is 158 Å². The molecule has 0 aliphatic carbocycles. The van der Waals surface area contributed by atoms with Crippen LogP contribution < -0.4 is 10.1 Å². The number of ether oxygens (including phenoxy) is 1. The lowest BCUT2D eigenvalue weighted by Gasteiger charge is -2.16. The highest BCUT2D eigenvalue weighted by Crippen LogP contribution is 2.43. The zero-order valence-electron chi connectivity index (χ0n) is 14.6. The molecule has 0 radical (unpaired) electrons. The first-order chi connectivity index (χ1) is 13.4. The van der Waals surface area contributed by atoms with Gasteiger partial charge < -0.3 is 14.5 Å². The minimum Gasteiger partial charge on any atom is -0.487 e. The molecule has 2 aromatic carbocycles. The van der Waals surface area contributed by atoms with Gasteiger partial charge >= 0.3 is 6.18 Å². The van der Waals surface area contributed by atoms with E-state index in [0.717, 1.165) is 11.6 Å². The number of nitrogens with one attached hydrogen (secondary N) is 1. The van der Waals surface area contributed by atoms with E-state index in [1.807, 2.05) is 6.07 Å². The molecule has 1 atom stereocenters. The van der Waals surface area contributed by atoms with E-state index in [1.54, 1.807) is 30.3 Å². The number of furan rings is 1. The third-order valence-corrected chi connectivity index (χ3v) is 4.59. The summed E-state index contributed by atoms with van der Waals surface area (Å²) in [6.07, 6.45) is -2.93. The van der Waals surface area contributed by atoms with Crippen LogP contribution in [0.15, 0.2) is 65.3 Å². The number of para-hydroxylation sites is 1. The average Bonchev–Trinajstić information content (AvgIpc) is 3.34. The predicted octanol–water partition coefficient (Wildman–Crippen LogP) is 4.70. The van der Waals surface area contributed by atoms with Gasteiger partial charge in [0.1, 0.15) is 11.9 Å². The average molecular weight is 387 g/mol. The minimum absolute atomic E-state index is 0.0760. The summed E-state index contributed by atoms with van der Waals surface area (Å²) in [6.45, 7) is 0.217. The monoisotopic (exact) mass is 387 g/mol. The van der Waals surface area contributed by atoms with Crippen LogP contribution in [0, 0.1) is 0 Å². The molecule has 4 nitrogen and oxygen atoms in total. The van der Waals surface area contributed by atoms with E-state index in [-0.39, 0.29) is 29.9 Å². The number of hydrogen-bond acceptors (Lipinski definition) is 3. The third kappa shape index (κ3) is 3.47. The van der Waals surface area contributed by atoms with Crippen molar-refractivity contribution in [2.75, 3.05) is 6.54 Å². The van der Waals surface area contributed by atoms with Crippen molar-refractivity contribution < 1.29 is 27.1 Å². The molecule has 1 aliphatic heterocycles. The van der Waals surface area contributed by atoms with E-state index in [2.05, 4.69) is 5.32 Å². The maximum Gasteiger partial charge on any atom is 0.417 e. The number of rotatable bonds is 4. The smallest absolute Gasteiger partial charge is 0.417 e. The van der Waals surface area contributed by atoms with Crippen molar-refractivity contribution in [2.24, 2.45) is 0 Å². The Kier molecular flexibility index (Phi) is 4.58. The summed E-state index contributed by atoms with van der Waals surface area (Å²) in [6, 6.07) is 13.7. The van der Waals surface area contributed by atoms with Gasteiger partial charge in [0.05, 0.1) is 18.4 Å². The standard InChI is InChI=1S/C21H16F3NO3/c22-21(23,24)17-8-2-1-6-15(17)16-7-3-5-13-11-14(28-19(13)16)12-25-20(26)18-9-4-10-27-18/h1-10,14H,11-12H2,(H,25,26)/t14-/m1/s1. The fourth-order valence-electron chi connectivity index (χ4n) is 3.33. The summed E-state index contributed by atoms with van der Waals surface area (Å²) in [4.78, 5) is 12.0. The lowest BCUT2D eigenvalue weighted by atomic mass is 9.96. The highest BCUT2D eigenvalue weighted by molar-refractivity contribution is 5.91. The highest BCUT2D eigenvalue weighted by atomic mass is 19.4. The summed E-state index contributed by atoms with van der Waals surface area (Å²) >= 11 is 0. The Bertz CT molecular complexity index is 996. The molecule has 4 rings (SSSR count). The third-order valence-electron chi connectivity index (χ3n) is 4.59. The second kappa shape index (κ2) is 7.07. The van der Waals surface area contributed by atoms with Gasteiger partial charge in [-0.15, -0.1) is 0 Å². The van der Waals surface area contributed by atoms with Crippen LogP contribution >= 0.6 is 0 Å². The second-order valence-electron chi connectivity index (χ2n) is 6.47. The van der Waals surface area contributed by atoms with Gasteiger partial charge in [-0.1, -0.05) is 36.4 Å². The molecule has 7 heteroatoms. The number of hydrogen-bond donors (Lipinski definition) is 1. The van der Waals surface area contributed by atoms with Crippen LogP contribution in [-0.2, 0) is 12.6 Å². The lowest BCUT2D eigenvalue weighted by Crippen LogP contribution is -2.34. The molecule has 2 heterocycles. The molecule has 0 spiro atoms. The van der Waals surface area contributed by atoms with Crippen molar-refractivity contribution in [2.45, 2.75) is 18.7 Å². The van der Waals surface area contributed by atoms with Crippen molar-refractivity contribution in [3.05, 3.63) is 77.7 Å². The molecule has 1 N–H and O–H groups in total. The van der Waals surface area contributed by atoms with Gasteiger partial charge in [0, 0.05) is 12.0 Å². The lowest BCUT2D eigenvalue weighted by molar-refractivity contribution is -0.137. The molecule has 1 aromatic heterocycles. The summed E-state index contributed by atoms with van der Waals surface area (Å²) < 4.78 is 51.2. The second-order valence-corrected chi connectivity index (χ2v) is 6.47. The van der Waals surface area contributed by atoms with Crippen LogP contribution in [0.5, 0.6) is 5.75 Å². The normalized spacial score (nSPS) is 15.8. The molecule has 1 aliphatic rings. The Morgan fingerprint density at radius 3 is 2.57 bits per heavy atom. The number of carbonyl (C=O) groups excluding carboxylic acids is 1. The van der Waals surface area contributed by atoms with Crippen molar-refractivity contribution >= 4 is 5.91 Å². The van der Waals surface area contributed by atoms with Crippen molar-refractivity contribution in [3.8, 4) is 16.9 Å². The largest absolute Gasteiger partial charge is 0.487 e. The van der Waals surface area contributed by atoms with Crippen LogP contribution in [0.1, 0.15) is 21.7 Å². The van der Waals surface area contributed by atoms with E-state index >= 15 is 0 Å². The van der Waals surface area contributed by atoms with Crippen molar-refractivity contribution in [3.63, 3.8) is 0 Å². The van der Waals surface area contributed by atoms with E-state index < -0.39 is 11.7 Å². The van der Waals surface area contributed by atoms with Gasteiger partial charge in [0.25, 0.3) is 5.91 Å². The van der Waals surface area contributed by atoms with Crippen molar-refractivity contribution in [1.29, 1.82) is 0 Å². The molecular weight excluding hydrogens is 371 g/mol. The number of halogens is 3. The number of carbonyl (C=O) groups is 1. The number of alkyl halides is 3. The first kappa shape index (κ1) is 18.2. The van der Waals surface area contributed by atoms with Gasteiger partial charge in [-0.25, -0.2) is 0 Å². The molecule has 144 valence electrons. The van der Waals surface area contributed by atoms with E-state index in [9.17, 15) is 18.0 Å². The Morgan fingerprint density at radius 2 is 1.82 bits per heavy atom. The predicted molar refractivity (Wildman–Crippen MR) is 96.0 cm³/mol. The molecular formula is C21H16F3NO3. The number of benzene rings is 2. The number of amides is 1. The molecule has 0 saturated heterocycles. The molecule has 0 fully saturated rings. The van der Waals surface area contributed by atoms with Gasteiger partial charge in [0.2, 0.25) is 0 Å². The first-order valence-corrected chi connectivity index (χ1v) is 8.70. The summed E-state index contributed by atoms with van der Waals surface area (Å²) in [5.74, 6) is 0.249. The Hall–Kier alpha value is -3.22. The van der Waals surface area contributed by atoms with Crippen LogP contribution in [-0.4, -0.2) is 18.6 Å². The maximum atomic E-state index is 13.4. The van der Waals surface area contributed by atoms with E-state index in [1.165, 1.54) is 18.4 Å². The Morgan fingerprint density at radius 1 is 1.04 bits per heavy atom. The number of fused-ring (bicyclic) bond motifs is 1. The van der Waals surface area contributed by atoms with Crippen molar-refractivity contribution in [1.82, 2.24) is 5.32 Å². The highest BCUT2D eigenvalue weighted by Gasteiger charge is 2.35.